The highest BCUT2D eigenvalue weighted by Crippen LogP contribution is 2.45. The van der Waals surface area contributed by atoms with Gasteiger partial charge in [0.25, 0.3) is 0 Å². The maximum absolute atomic E-state index is 10.7. The van der Waals surface area contributed by atoms with Gasteiger partial charge in [-0.1, -0.05) is 95.4 Å². The predicted molar refractivity (Wildman–Crippen MR) is 154 cm³/mol. The molecule has 2 unspecified atom stereocenters. The molecule has 0 bridgehead atoms. The summed E-state index contributed by atoms with van der Waals surface area (Å²) in [7, 11) is 2.11. The number of para-hydroxylation sites is 2. The minimum Gasteiger partial charge on any atom is -0.508 e. The molecule has 4 rings (SSSR count). The topological polar surface area (TPSA) is 48.4 Å². The molecule has 1 heterocycles. The normalized spacial score (nSPS) is 13.3. The van der Waals surface area contributed by atoms with E-state index in [0.29, 0.717) is 7.97 Å². The Morgan fingerprint density at radius 2 is 1.53 bits per heavy atom. The molecule has 2 atom stereocenters. The molecule has 0 fully saturated rings. The van der Waals surface area contributed by atoms with Gasteiger partial charge in [0.15, 0.2) is 0 Å². The molecule has 1 aromatic heterocycles. The average molecular weight is 651 g/mol. The molecule has 3 aromatic carbocycles. The first-order valence-corrected chi connectivity index (χ1v) is 13.4. The highest BCUT2D eigenvalue weighted by Gasteiger charge is 2.23. The zero-order chi connectivity index (χ0) is 22.8. The van der Waals surface area contributed by atoms with Crippen molar-refractivity contribution in [1.82, 2.24) is 4.98 Å². The van der Waals surface area contributed by atoms with Crippen molar-refractivity contribution in [3.05, 3.63) is 66.2 Å². The van der Waals surface area contributed by atoms with E-state index in [4.69, 9.17) is 4.98 Å². The van der Waals surface area contributed by atoms with E-state index >= 15 is 0 Å². The first-order valence-electron chi connectivity index (χ1n) is 10.9. The fourth-order valence-corrected chi connectivity index (χ4v) is 5.04. The number of benzene rings is 3. The van der Waals surface area contributed by atoms with E-state index in [-0.39, 0.29) is 5.75 Å². The Morgan fingerprint density at radius 3 is 2.09 bits per heavy atom. The lowest BCUT2D eigenvalue weighted by atomic mass is 10.0. The number of fused-ring (bicyclic) bond motifs is 2. The van der Waals surface area contributed by atoms with E-state index in [1.54, 1.807) is 0 Å². The number of hydrogen-bond donors (Lipinski definition) is 2. The smallest absolute Gasteiger partial charge is 0.119 e. The van der Waals surface area contributed by atoms with Crippen LogP contribution in [-0.2, 0) is 0 Å². The van der Waals surface area contributed by atoms with E-state index in [1.807, 2.05) is 48.5 Å². The summed E-state index contributed by atoms with van der Waals surface area (Å²) in [5, 5.41) is 16.6. The van der Waals surface area contributed by atoms with Crippen LogP contribution in [0.15, 0.2) is 60.7 Å². The summed E-state index contributed by atoms with van der Waals surface area (Å²) in [6, 6.07) is 20.2. The molecular formula is C26H27I2N3O. The molecule has 6 heteroatoms. The molecule has 0 aliphatic carbocycles. The van der Waals surface area contributed by atoms with Gasteiger partial charge in [-0.15, -0.1) is 0 Å². The monoisotopic (exact) mass is 651 g/mol. The van der Waals surface area contributed by atoms with Crippen LogP contribution in [0.4, 0.5) is 17.1 Å². The second kappa shape index (κ2) is 9.99. The van der Waals surface area contributed by atoms with Crippen molar-refractivity contribution >= 4 is 84.0 Å². The van der Waals surface area contributed by atoms with Gasteiger partial charge in [-0.3, -0.25) is 0 Å². The van der Waals surface area contributed by atoms with E-state index in [0.717, 1.165) is 51.7 Å². The van der Waals surface area contributed by atoms with Crippen molar-refractivity contribution in [3.8, 4) is 5.75 Å². The molecule has 0 radical (unpaired) electrons. The number of phenolic OH excluding ortho intramolecular Hbond substituents is 1. The SMILES string of the molecule is CCC(I)c1c(Nc2c3ccccc3nc3ccccc23)cc(O)cc1N(C)C(I)CC. The maximum Gasteiger partial charge on any atom is 0.119 e. The zero-order valence-electron chi connectivity index (χ0n) is 18.4. The van der Waals surface area contributed by atoms with Crippen molar-refractivity contribution in [2.24, 2.45) is 0 Å². The number of aromatic hydroxyl groups is 1. The minimum atomic E-state index is 0.264. The molecule has 32 heavy (non-hydrogen) atoms. The van der Waals surface area contributed by atoms with Crippen LogP contribution in [0.5, 0.6) is 5.75 Å². The van der Waals surface area contributed by atoms with Crippen LogP contribution in [-0.4, -0.2) is 21.2 Å². The fourth-order valence-electron chi connectivity index (χ4n) is 4.09. The lowest BCUT2D eigenvalue weighted by molar-refractivity contribution is 0.475. The number of aromatic nitrogens is 1. The third-order valence-corrected chi connectivity index (χ3v) is 9.02. The number of hydrogen-bond acceptors (Lipinski definition) is 4. The molecule has 166 valence electrons. The summed E-state index contributed by atoms with van der Waals surface area (Å²) >= 11 is 4.99. The molecule has 0 saturated heterocycles. The minimum absolute atomic E-state index is 0.264. The summed E-state index contributed by atoms with van der Waals surface area (Å²) in [6.45, 7) is 4.39. The number of anilines is 3. The van der Waals surface area contributed by atoms with Gasteiger partial charge in [0.05, 0.1) is 20.8 Å². The van der Waals surface area contributed by atoms with Gasteiger partial charge >= 0.3 is 0 Å². The van der Waals surface area contributed by atoms with Crippen molar-refractivity contribution in [2.75, 3.05) is 17.3 Å². The number of halogens is 2. The number of phenols is 1. The van der Waals surface area contributed by atoms with Gasteiger partial charge in [-0.2, -0.15) is 0 Å². The molecule has 0 aliphatic heterocycles. The second-order valence-electron chi connectivity index (χ2n) is 7.90. The standard InChI is InChI=1S/C26H27I2N3O/c1-4-19(27)25-22(14-16(32)15-23(25)31(3)24(28)5-2)30-26-17-10-6-8-12-20(17)29-21-13-9-7-11-18(21)26/h6-15,19,24,32H,4-5H2,1-3H3,(H,29,30). The Morgan fingerprint density at radius 1 is 0.938 bits per heavy atom. The van der Waals surface area contributed by atoms with Gasteiger partial charge in [0, 0.05) is 50.8 Å². The molecule has 0 amide bonds. The van der Waals surface area contributed by atoms with Gasteiger partial charge in [0.1, 0.15) is 5.75 Å². The highest BCUT2D eigenvalue weighted by molar-refractivity contribution is 14.1. The second-order valence-corrected chi connectivity index (χ2v) is 10.8. The quantitative estimate of drug-likeness (QED) is 0.0914. The molecule has 0 aliphatic rings. The van der Waals surface area contributed by atoms with Crippen LogP contribution in [0.2, 0.25) is 0 Å². The third kappa shape index (κ3) is 4.48. The number of alkyl halides is 2. The molecule has 0 spiro atoms. The van der Waals surface area contributed by atoms with Gasteiger partial charge in [-0.05, 0) is 25.0 Å². The number of nitrogens with zero attached hydrogens (tertiary/aromatic N) is 2. The van der Waals surface area contributed by atoms with Crippen LogP contribution in [0.3, 0.4) is 0 Å². The summed E-state index contributed by atoms with van der Waals surface area (Å²) < 4.78 is 0.636. The van der Waals surface area contributed by atoms with Crippen LogP contribution in [0, 0.1) is 0 Å². The van der Waals surface area contributed by atoms with Crippen molar-refractivity contribution in [1.29, 1.82) is 0 Å². The Bertz CT molecular complexity index is 1210. The van der Waals surface area contributed by atoms with Gasteiger partial charge < -0.3 is 15.3 Å². The zero-order valence-corrected chi connectivity index (χ0v) is 22.8. The molecule has 0 saturated carbocycles. The third-order valence-electron chi connectivity index (χ3n) is 5.80. The van der Waals surface area contributed by atoms with E-state index in [9.17, 15) is 5.11 Å². The van der Waals surface area contributed by atoms with Crippen LogP contribution >= 0.6 is 45.2 Å². The first kappa shape index (κ1) is 23.4. The average Bonchev–Trinajstić information content (AvgIpc) is 2.82. The van der Waals surface area contributed by atoms with Gasteiger partial charge in [0.2, 0.25) is 0 Å². The molecule has 2 N–H and O–H groups in total. The van der Waals surface area contributed by atoms with Crippen molar-refractivity contribution < 1.29 is 5.11 Å². The molecule has 4 nitrogen and oxygen atoms in total. The predicted octanol–water partition coefficient (Wildman–Crippen LogP) is 8.33. The Labute approximate surface area is 216 Å². The van der Waals surface area contributed by atoms with Crippen molar-refractivity contribution in [2.45, 2.75) is 34.7 Å². The van der Waals surface area contributed by atoms with Crippen LogP contribution in [0.25, 0.3) is 21.8 Å². The lowest BCUT2D eigenvalue weighted by Crippen LogP contribution is -2.26. The summed E-state index contributed by atoms with van der Waals surface area (Å²) in [5.41, 5.74) is 6.15. The van der Waals surface area contributed by atoms with Gasteiger partial charge in [-0.25, -0.2) is 4.98 Å². The van der Waals surface area contributed by atoms with E-state index < -0.39 is 0 Å². The number of nitrogens with one attached hydrogen (secondary N) is 1. The lowest BCUT2D eigenvalue weighted by Gasteiger charge is -2.30. The Balaban J connectivity index is 1.97. The Hall–Kier alpha value is -1.81. The summed E-state index contributed by atoms with van der Waals surface area (Å²) in [4.78, 5) is 7.12. The largest absolute Gasteiger partial charge is 0.508 e. The Kier molecular flexibility index (Phi) is 7.29. The van der Waals surface area contributed by atoms with Crippen molar-refractivity contribution in [3.63, 3.8) is 0 Å². The maximum atomic E-state index is 10.7. The fraction of sp³-hybridized carbons (Fsp3) is 0.269. The molecular weight excluding hydrogens is 624 g/mol. The molecule has 4 aromatic rings. The van der Waals surface area contributed by atoms with E-state index in [2.05, 4.69) is 88.4 Å². The highest BCUT2D eigenvalue weighted by atomic mass is 127. The number of pyridine rings is 1. The van der Waals surface area contributed by atoms with E-state index in [1.165, 1.54) is 5.56 Å². The van der Waals surface area contributed by atoms with Crippen LogP contribution in [0.1, 0.15) is 36.2 Å². The van der Waals surface area contributed by atoms with Crippen LogP contribution < -0.4 is 10.2 Å². The summed E-state index contributed by atoms with van der Waals surface area (Å²) in [5.74, 6) is 0.264. The first-order chi connectivity index (χ1) is 15.4. The number of rotatable bonds is 7. The summed E-state index contributed by atoms with van der Waals surface area (Å²) in [6.07, 6.45) is 2.02.